The Morgan fingerprint density at radius 2 is 2.50 bits per heavy atom. The van der Waals surface area contributed by atoms with E-state index in [1.165, 1.54) is 11.8 Å². The largest absolute Gasteiger partial charge is 0.297 e. The minimum absolute atomic E-state index is 0.0283. The van der Waals surface area contributed by atoms with Gasteiger partial charge in [0.05, 0.1) is 7.05 Å². The Balaban J connectivity index is 2.37. The van der Waals surface area contributed by atoms with Gasteiger partial charge in [0, 0.05) is 12.3 Å². The zero-order valence-corrected chi connectivity index (χ0v) is 6.87. The first-order valence-corrected chi connectivity index (χ1v) is 4.07. The average Bonchev–Trinajstić information content (AvgIpc) is 2.15. The molecule has 0 saturated heterocycles. The van der Waals surface area contributed by atoms with Crippen molar-refractivity contribution in [2.45, 2.75) is 12.4 Å². The number of hydrogen-bond donors (Lipinski definition) is 2. The van der Waals surface area contributed by atoms with E-state index in [-0.39, 0.29) is 11.4 Å². The number of carbonyl (C=O) groups excluding carboxylic acids is 1. The summed E-state index contributed by atoms with van der Waals surface area (Å²) in [6, 6.07) is 0. The summed E-state index contributed by atoms with van der Waals surface area (Å²) in [7, 11) is 2.01. The molecule has 0 aromatic carbocycles. The van der Waals surface area contributed by atoms with Gasteiger partial charge in [-0.2, -0.15) is 0 Å². The summed E-state index contributed by atoms with van der Waals surface area (Å²) in [5.41, 5.74) is 0.178. The van der Waals surface area contributed by atoms with Crippen molar-refractivity contribution in [1.82, 2.24) is 5.32 Å². The van der Waals surface area contributed by atoms with Crippen LogP contribution in [0.3, 0.4) is 0 Å². The second-order valence-corrected chi connectivity index (χ2v) is 3.28. The van der Waals surface area contributed by atoms with Crippen molar-refractivity contribution >= 4 is 17.7 Å². The Morgan fingerprint density at radius 3 is 2.90 bits per heavy atom. The Labute approximate surface area is 64.5 Å². The maximum atomic E-state index is 10.6. The van der Waals surface area contributed by atoms with Crippen LogP contribution >= 0.6 is 11.8 Å². The lowest BCUT2D eigenvalue weighted by atomic mass is 10.7. The lowest BCUT2D eigenvalue weighted by Gasteiger charge is -2.14. The third-order valence-corrected chi connectivity index (χ3v) is 2.35. The number of hydrogen-bond acceptors (Lipinski definition) is 2. The van der Waals surface area contributed by atoms with E-state index in [1.54, 1.807) is 11.8 Å². The van der Waals surface area contributed by atoms with Crippen LogP contribution in [0.5, 0.6) is 0 Å². The lowest BCUT2D eigenvalue weighted by Crippen LogP contribution is -3.08. The predicted octanol–water partition coefficient (Wildman–Crippen LogP) is -0.861. The van der Waals surface area contributed by atoms with Gasteiger partial charge in [0.1, 0.15) is 6.20 Å². The third kappa shape index (κ3) is 1.75. The number of nitrogens with one attached hydrogen (secondary N) is 2. The van der Waals surface area contributed by atoms with Gasteiger partial charge in [-0.25, -0.2) is 0 Å². The molecule has 0 fully saturated rings. The van der Waals surface area contributed by atoms with E-state index in [0.717, 1.165) is 0 Å². The van der Waals surface area contributed by atoms with Crippen molar-refractivity contribution in [3.8, 4) is 0 Å². The highest BCUT2D eigenvalue weighted by Gasteiger charge is 2.21. The smallest absolute Gasteiger partial charge is 0.222 e. The van der Waals surface area contributed by atoms with Crippen LogP contribution in [0.1, 0.15) is 6.92 Å². The molecule has 0 spiro atoms. The van der Waals surface area contributed by atoms with Crippen molar-refractivity contribution in [2.24, 2.45) is 0 Å². The van der Waals surface area contributed by atoms with Crippen LogP contribution in [-0.4, -0.2) is 18.5 Å². The maximum absolute atomic E-state index is 10.6. The van der Waals surface area contributed by atoms with E-state index in [0.29, 0.717) is 0 Å². The fraction of sp³-hybridized carbons (Fsp3) is 0.500. The normalized spacial score (nSPS) is 30.6. The fourth-order valence-electron chi connectivity index (χ4n) is 0.752. The number of quaternary nitrogens is 1. The molecule has 4 heteroatoms. The van der Waals surface area contributed by atoms with Gasteiger partial charge in [-0.3, -0.25) is 15.0 Å². The van der Waals surface area contributed by atoms with E-state index in [1.807, 2.05) is 18.7 Å². The van der Waals surface area contributed by atoms with Crippen molar-refractivity contribution in [3.05, 3.63) is 11.6 Å². The first-order valence-electron chi connectivity index (χ1n) is 3.12. The van der Waals surface area contributed by atoms with Crippen LogP contribution in [0.2, 0.25) is 0 Å². The lowest BCUT2D eigenvalue weighted by molar-refractivity contribution is -0.835. The molecule has 0 radical (unpaired) electrons. The van der Waals surface area contributed by atoms with Crippen LogP contribution in [0.25, 0.3) is 0 Å². The number of amides is 1. The molecule has 1 aliphatic rings. The van der Waals surface area contributed by atoms with E-state index in [9.17, 15) is 4.79 Å². The van der Waals surface area contributed by atoms with Gasteiger partial charge < -0.3 is 0 Å². The molecule has 1 heterocycles. The summed E-state index contributed by atoms with van der Waals surface area (Å²) in [4.78, 5) is 11.8. The molecule has 2 atom stereocenters. The molecule has 1 amide bonds. The standard InChI is InChI=1S/C6H10N2OS/c1-5(9)7-6-8(2)3-4-10-6/h3-4,6H,1-2H3,(H,7,9)/p+1/t6-/m0/s1. The molecule has 1 unspecified atom stereocenters. The number of thioether (sulfide) groups is 1. The van der Waals surface area contributed by atoms with Gasteiger partial charge in [-0.1, -0.05) is 0 Å². The first kappa shape index (κ1) is 7.63. The molecule has 3 nitrogen and oxygen atoms in total. The van der Waals surface area contributed by atoms with Crippen LogP contribution in [0.15, 0.2) is 11.6 Å². The van der Waals surface area contributed by atoms with Gasteiger partial charge in [-0.05, 0) is 11.8 Å². The van der Waals surface area contributed by atoms with Crippen LogP contribution < -0.4 is 10.2 Å². The van der Waals surface area contributed by atoms with Crippen LogP contribution in [-0.2, 0) is 4.79 Å². The average molecular weight is 159 g/mol. The summed E-state index contributed by atoms with van der Waals surface area (Å²) in [5.74, 6) is 0.0283. The van der Waals surface area contributed by atoms with E-state index >= 15 is 0 Å². The molecule has 0 aliphatic carbocycles. The molecule has 10 heavy (non-hydrogen) atoms. The SMILES string of the molecule is CC(=O)N[C@@H]1SC=C[NH+]1C. The van der Waals surface area contributed by atoms with E-state index < -0.39 is 0 Å². The minimum Gasteiger partial charge on any atom is -0.297 e. The summed E-state index contributed by atoms with van der Waals surface area (Å²) < 4.78 is 0. The molecule has 0 aromatic rings. The predicted molar refractivity (Wildman–Crippen MR) is 41.2 cm³/mol. The highest BCUT2D eigenvalue weighted by atomic mass is 32.2. The Kier molecular flexibility index (Phi) is 2.34. The maximum Gasteiger partial charge on any atom is 0.222 e. The Bertz CT molecular complexity index is 169. The van der Waals surface area contributed by atoms with E-state index in [2.05, 4.69) is 5.32 Å². The van der Waals surface area contributed by atoms with Crippen molar-refractivity contribution in [3.63, 3.8) is 0 Å². The van der Waals surface area contributed by atoms with Crippen molar-refractivity contribution < 1.29 is 9.69 Å². The van der Waals surface area contributed by atoms with Gasteiger partial charge in [0.25, 0.3) is 0 Å². The highest BCUT2D eigenvalue weighted by Crippen LogP contribution is 2.07. The van der Waals surface area contributed by atoms with Gasteiger partial charge in [0.15, 0.2) is 0 Å². The second kappa shape index (κ2) is 3.07. The monoisotopic (exact) mass is 159 g/mol. The molecule has 56 valence electrons. The Morgan fingerprint density at radius 1 is 1.80 bits per heavy atom. The van der Waals surface area contributed by atoms with Crippen LogP contribution in [0.4, 0.5) is 0 Å². The zero-order chi connectivity index (χ0) is 7.56. The molecule has 2 N–H and O–H groups in total. The van der Waals surface area contributed by atoms with Crippen LogP contribution in [0, 0.1) is 0 Å². The van der Waals surface area contributed by atoms with Crippen molar-refractivity contribution in [1.29, 1.82) is 0 Å². The molecular weight excluding hydrogens is 148 g/mol. The van der Waals surface area contributed by atoms with E-state index in [4.69, 9.17) is 0 Å². The van der Waals surface area contributed by atoms with Gasteiger partial charge in [-0.15, -0.1) is 0 Å². The zero-order valence-electron chi connectivity index (χ0n) is 6.05. The number of rotatable bonds is 1. The Hall–Kier alpha value is -0.480. The molecule has 1 aliphatic heterocycles. The number of carbonyl (C=O) groups is 1. The molecule has 0 aromatic heterocycles. The molecule has 0 saturated carbocycles. The molecule has 0 bridgehead atoms. The summed E-state index contributed by atoms with van der Waals surface area (Å²) >= 11 is 1.63. The molecular formula is C6H11N2OS+. The third-order valence-electron chi connectivity index (χ3n) is 1.29. The first-order chi connectivity index (χ1) is 4.70. The second-order valence-electron chi connectivity index (χ2n) is 2.26. The summed E-state index contributed by atoms with van der Waals surface area (Å²) in [6.45, 7) is 1.53. The van der Waals surface area contributed by atoms with Gasteiger partial charge >= 0.3 is 0 Å². The molecule has 1 rings (SSSR count). The fourth-order valence-corrected chi connectivity index (χ4v) is 1.73. The topological polar surface area (TPSA) is 33.5 Å². The highest BCUT2D eigenvalue weighted by molar-refractivity contribution is 8.02. The summed E-state index contributed by atoms with van der Waals surface area (Å²) in [6.07, 6.45) is 2.02. The quantitative estimate of drug-likeness (QED) is 0.522. The van der Waals surface area contributed by atoms with Gasteiger partial charge in [0.2, 0.25) is 11.4 Å². The summed E-state index contributed by atoms with van der Waals surface area (Å²) in [5, 5.41) is 4.81. The minimum atomic E-state index is 0.0283. The van der Waals surface area contributed by atoms with Crippen molar-refractivity contribution in [2.75, 3.05) is 7.05 Å².